The number of ether oxygens (including phenoxy) is 2. The molecule has 2 aliphatic heterocycles. The van der Waals surface area contributed by atoms with Crippen molar-refractivity contribution >= 4 is 39.7 Å². The lowest BCUT2D eigenvalue weighted by atomic mass is 10.2. The van der Waals surface area contributed by atoms with E-state index in [1.54, 1.807) is 17.4 Å². The molecular formula is C19H20N6O2S2. The van der Waals surface area contributed by atoms with Crippen molar-refractivity contribution in [2.24, 2.45) is 0 Å². The van der Waals surface area contributed by atoms with E-state index in [1.165, 1.54) is 11.3 Å². The van der Waals surface area contributed by atoms with Gasteiger partial charge in [-0.3, -0.25) is 0 Å². The van der Waals surface area contributed by atoms with Gasteiger partial charge in [0.05, 0.1) is 37.0 Å². The maximum absolute atomic E-state index is 9.07. The minimum absolute atomic E-state index is 0.0787. The topological polar surface area (TPSA) is 98.3 Å². The fourth-order valence-electron chi connectivity index (χ4n) is 3.18. The van der Waals surface area contributed by atoms with Gasteiger partial charge < -0.3 is 19.3 Å². The SMILES string of the molecule is Cc1nc(-c2sc(N3CCOCC3)nc2N2CCOCC2)sc1C=C(C#N)C#N. The molecule has 29 heavy (non-hydrogen) atoms. The lowest BCUT2D eigenvalue weighted by Gasteiger charge is -2.28. The lowest BCUT2D eigenvalue weighted by molar-refractivity contribution is 0.122. The normalized spacial score (nSPS) is 16.9. The van der Waals surface area contributed by atoms with Crippen LogP contribution in [-0.4, -0.2) is 62.6 Å². The molecule has 2 aromatic heterocycles. The van der Waals surface area contributed by atoms with Gasteiger partial charge in [-0.15, -0.1) is 11.3 Å². The number of nitriles is 2. The second-order valence-electron chi connectivity index (χ2n) is 6.60. The number of aromatic nitrogens is 2. The number of thiazole rings is 2. The summed E-state index contributed by atoms with van der Waals surface area (Å²) in [5, 5.41) is 20.0. The first-order chi connectivity index (χ1) is 14.2. The summed E-state index contributed by atoms with van der Waals surface area (Å²) in [5.74, 6) is 0.935. The fourth-order valence-corrected chi connectivity index (χ4v) is 5.40. The smallest absolute Gasteiger partial charge is 0.188 e. The van der Waals surface area contributed by atoms with Crippen molar-refractivity contribution in [1.29, 1.82) is 10.5 Å². The van der Waals surface area contributed by atoms with Crippen LogP contribution in [0, 0.1) is 29.6 Å². The van der Waals surface area contributed by atoms with Crippen molar-refractivity contribution in [3.8, 4) is 22.0 Å². The van der Waals surface area contributed by atoms with Crippen LogP contribution in [0.5, 0.6) is 0 Å². The monoisotopic (exact) mass is 428 g/mol. The first kappa shape index (κ1) is 19.8. The molecule has 0 unspecified atom stereocenters. The van der Waals surface area contributed by atoms with Crippen molar-refractivity contribution in [3.05, 3.63) is 16.1 Å². The average Bonchev–Trinajstić information content (AvgIpc) is 3.37. The van der Waals surface area contributed by atoms with Gasteiger partial charge in [0.25, 0.3) is 0 Å². The fraction of sp³-hybridized carbons (Fsp3) is 0.474. The Morgan fingerprint density at radius 1 is 0.966 bits per heavy atom. The van der Waals surface area contributed by atoms with Crippen LogP contribution in [-0.2, 0) is 9.47 Å². The molecule has 0 aromatic carbocycles. The molecule has 2 aliphatic rings. The van der Waals surface area contributed by atoms with Crippen molar-refractivity contribution in [2.75, 3.05) is 62.4 Å². The summed E-state index contributed by atoms with van der Waals surface area (Å²) < 4.78 is 11.0. The second-order valence-corrected chi connectivity index (χ2v) is 8.61. The van der Waals surface area contributed by atoms with Gasteiger partial charge >= 0.3 is 0 Å². The van der Waals surface area contributed by atoms with Crippen molar-refractivity contribution in [3.63, 3.8) is 0 Å². The minimum atomic E-state index is 0.0787. The van der Waals surface area contributed by atoms with Gasteiger partial charge in [-0.25, -0.2) is 9.97 Å². The maximum atomic E-state index is 9.07. The van der Waals surface area contributed by atoms with Crippen LogP contribution in [0.15, 0.2) is 5.57 Å². The number of morpholine rings is 2. The summed E-state index contributed by atoms with van der Waals surface area (Å²) in [6, 6.07) is 3.83. The average molecular weight is 429 g/mol. The Balaban J connectivity index is 1.74. The number of aryl methyl sites for hydroxylation is 1. The molecule has 150 valence electrons. The first-order valence-corrected chi connectivity index (χ1v) is 11.0. The predicted molar refractivity (Wildman–Crippen MR) is 113 cm³/mol. The summed E-state index contributed by atoms with van der Waals surface area (Å²) in [6.45, 7) is 7.92. The molecule has 4 rings (SSSR count). The zero-order valence-electron chi connectivity index (χ0n) is 16.1. The summed E-state index contributed by atoms with van der Waals surface area (Å²) >= 11 is 3.13. The van der Waals surface area contributed by atoms with E-state index in [0.717, 1.165) is 57.6 Å². The zero-order chi connectivity index (χ0) is 20.2. The van der Waals surface area contributed by atoms with Gasteiger partial charge in [0, 0.05) is 26.2 Å². The third-order valence-corrected chi connectivity index (χ3v) is 7.10. The van der Waals surface area contributed by atoms with E-state index in [2.05, 4.69) is 9.80 Å². The molecule has 2 fully saturated rings. The Morgan fingerprint density at radius 2 is 1.59 bits per heavy atom. The highest BCUT2D eigenvalue weighted by molar-refractivity contribution is 7.24. The first-order valence-electron chi connectivity index (χ1n) is 9.35. The summed E-state index contributed by atoms with van der Waals surface area (Å²) in [7, 11) is 0. The molecule has 4 heterocycles. The quantitative estimate of drug-likeness (QED) is 0.686. The maximum Gasteiger partial charge on any atom is 0.188 e. The molecule has 0 bridgehead atoms. The second kappa shape index (κ2) is 8.89. The van der Waals surface area contributed by atoms with Crippen LogP contribution in [0.1, 0.15) is 10.6 Å². The van der Waals surface area contributed by atoms with E-state index >= 15 is 0 Å². The highest BCUT2D eigenvalue weighted by Crippen LogP contribution is 2.43. The molecule has 2 aromatic rings. The lowest BCUT2D eigenvalue weighted by Crippen LogP contribution is -2.37. The third kappa shape index (κ3) is 4.26. The highest BCUT2D eigenvalue weighted by Gasteiger charge is 2.26. The highest BCUT2D eigenvalue weighted by atomic mass is 32.1. The molecule has 2 saturated heterocycles. The molecule has 0 amide bonds. The summed E-state index contributed by atoms with van der Waals surface area (Å²) in [5.41, 5.74) is 0.886. The van der Waals surface area contributed by atoms with E-state index in [1.807, 2.05) is 19.1 Å². The van der Waals surface area contributed by atoms with Gasteiger partial charge in [0.1, 0.15) is 27.6 Å². The van der Waals surface area contributed by atoms with E-state index in [0.29, 0.717) is 26.4 Å². The van der Waals surface area contributed by atoms with E-state index in [4.69, 9.17) is 30.0 Å². The number of nitrogens with zero attached hydrogens (tertiary/aromatic N) is 6. The van der Waals surface area contributed by atoms with Crippen molar-refractivity contribution < 1.29 is 9.47 Å². The standard InChI is InChI=1S/C19H20N6O2S2/c1-13-15(10-14(11-20)12-21)28-18(22-13)16-17(24-2-6-26-7-3-24)23-19(29-16)25-4-8-27-9-5-25/h10H,2-9H2,1H3. The predicted octanol–water partition coefficient (Wildman–Crippen LogP) is 2.68. The molecule has 0 spiro atoms. The Kier molecular flexibility index (Phi) is 6.07. The molecular weight excluding hydrogens is 408 g/mol. The summed E-state index contributed by atoms with van der Waals surface area (Å²) in [6.07, 6.45) is 1.61. The Morgan fingerprint density at radius 3 is 2.21 bits per heavy atom. The van der Waals surface area contributed by atoms with Crippen LogP contribution in [0.4, 0.5) is 10.9 Å². The molecule has 0 N–H and O–H groups in total. The zero-order valence-corrected chi connectivity index (χ0v) is 17.7. The van der Waals surface area contributed by atoms with Crippen molar-refractivity contribution in [2.45, 2.75) is 6.92 Å². The van der Waals surface area contributed by atoms with Gasteiger partial charge in [-0.05, 0) is 13.0 Å². The van der Waals surface area contributed by atoms with Crippen molar-refractivity contribution in [1.82, 2.24) is 9.97 Å². The molecule has 0 saturated carbocycles. The third-order valence-electron chi connectivity index (χ3n) is 4.73. The number of hydrogen-bond donors (Lipinski definition) is 0. The number of hydrogen-bond acceptors (Lipinski definition) is 10. The van der Waals surface area contributed by atoms with Crippen LogP contribution in [0.3, 0.4) is 0 Å². The molecule has 8 nitrogen and oxygen atoms in total. The largest absolute Gasteiger partial charge is 0.378 e. The number of rotatable bonds is 4. The number of allylic oxidation sites excluding steroid dienone is 1. The van der Waals surface area contributed by atoms with Crippen LogP contribution in [0.25, 0.3) is 16.0 Å². The molecule has 0 radical (unpaired) electrons. The van der Waals surface area contributed by atoms with Crippen LogP contribution < -0.4 is 9.80 Å². The van der Waals surface area contributed by atoms with E-state index < -0.39 is 0 Å². The van der Waals surface area contributed by atoms with E-state index in [-0.39, 0.29) is 5.57 Å². The summed E-state index contributed by atoms with van der Waals surface area (Å²) in [4.78, 5) is 16.1. The molecule has 0 aliphatic carbocycles. The van der Waals surface area contributed by atoms with Gasteiger partial charge in [-0.2, -0.15) is 10.5 Å². The van der Waals surface area contributed by atoms with Crippen LogP contribution in [0.2, 0.25) is 0 Å². The minimum Gasteiger partial charge on any atom is -0.378 e. The number of anilines is 2. The Bertz CT molecular complexity index is 971. The van der Waals surface area contributed by atoms with E-state index in [9.17, 15) is 0 Å². The van der Waals surface area contributed by atoms with Gasteiger partial charge in [0.15, 0.2) is 10.9 Å². The Hall–Kier alpha value is -2.50. The Labute approximate surface area is 177 Å². The van der Waals surface area contributed by atoms with Crippen LogP contribution >= 0.6 is 22.7 Å². The van der Waals surface area contributed by atoms with Gasteiger partial charge in [-0.1, -0.05) is 11.3 Å². The van der Waals surface area contributed by atoms with Gasteiger partial charge in [0.2, 0.25) is 0 Å². The molecule has 10 heteroatoms. The molecule has 0 atom stereocenters.